The van der Waals surface area contributed by atoms with Crippen LogP contribution in [0.1, 0.15) is 30.7 Å². The molecular weight excluding hydrogens is 235 g/mol. The van der Waals surface area contributed by atoms with Gasteiger partial charge in [0.15, 0.2) is 11.6 Å². The highest BCUT2D eigenvalue weighted by molar-refractivity contribution is 5.99. The third kappa shape index (κ3) is 1.61. The summed E-state index contributed by atoms with van der Waals surface area (Å²) < 4.78 is 14.0. The second-order valence-corrected chi connectivity index (χ2v) is 5.20. The van der Waals surface area contributed by atoms with Crippen molar-refractivity contribution in [3.8, 4) is 0 Å². The van der Waals surface area contributed by atoms with E-state index in [1.807, 2.05) is 0 Å². The summed E-state index contributed by atoms with van der Waals surface area (Å²) in [4.78, 5) is 17.5. The van der Waals surface area contributed by atoms with Gasteiger partial charge in [-0.05, 0) is 32.3 Å². The Kier molecular flexibility index (Phi) is 2.41. The van der Waals surface area contributed by atoms with Gasteiger partial charge in [0.1, 0.15) is 0 Å². The number of rotatable bonds is 2. The number of nitrogens with zero attached hydrogens (tertiary/aromatic N) is 2. The SMILES string of the molecule is Cc1nc(N2C[C@H]3C[C@H]3C2=O)c(F)cc1C(C)O. The first-order valence-corrected chi connectivity index (χ1v) is 6.15. The second kappa shape index (κ2) is 3.75. The molecule has 0 radical (unpaired) electrons. The van der Waals surface area contributed by atoms with Gasteiger partial charge in [-0.3, -0.25) is 9.69 Å². The third-order valence-electron chi connectivity index (χ3n) is 3.82. The van der Waals surface area contributed by atoms with Gasteiger partial charge in [-0.1, -0.05) is 0 Å². The highest BCUT2D eigenvalue weighted by Crippen LogP contribution is 2.47. The van der Waals surface area contributed by atoms with Crippen molar-refractivity contribution in [2.45, 2.75) is 26.4 Å². The van der Waals surface area contributed by atoms with Crippen LogP contribution in [-0.2, 0) is 4.79 Å². The van der Waals surface area contributed by atoms with Crippen LogP contribution >= 0.6 is 0 Å². The Bertz CT molecular complexity index is 530. The summed E-state index contributed by atoms with van der Waals surface area (Å²) in [6, 6.07) is 1.28. The van der Waals surface area contributed by atoms with Gasteiger partial charge < -0.3 is 5.11 Å². The molecule has 2 heterocycles. The highest BCUT2D eigenvalue weighted by Gasteiger charge is 2.53. The molecule has 0 bridgehead atoms. The Morgan fingerprint density at radius 1 is 1.61 bits per heavy atom. The van der Waals surface area contributed by atoms with Crippen molar-refractivity contribution < 1.29 is 14.3 Å². The Morgan fingerprint density at radius 3 is 2.89 bits per heavy atom. The van der Waals surface area contributed by atoms with Crippen LogP contribution < -0.4 is 4.90 Å². The molecular formula is C13H15FN2O2. The van der Waals surface area contributed by atoms with Gasteiger partial charge in [-0.2, -0.15) is 0 Å². The third-order valence-corrected chi connectivity index (χ3v) is 3.82. The van der Waals surface area contributed by atoms with E-state index < -0.39 is 11.9 Å². The normalized spacial score (nSPS) is 27.3. The van der Waals surface area contributed by atoms with Crippen molar-refractivity contribution in [1.82, 2.24) is 4.98 Å². The molecule has 1 saturated heterocycles. The zero-order valence-corrected chi connectivity index (χ0v) is 10.4. The molecule has 1 unspecified atom stereocenters. The van der Waals surface area contributed by atoms with Crippen molar-refractivity contribution in [2.24, 2.45) is 11.8 Å². The van der Waals surface area contributed by atoms with Gasteiger partial charge in [0.25, 0.3) is 0 Å². The topological polar surface area (TPSA) is 53.4 Å². The minimum absolute atomic E-state index is 0.0180. The molecule has 3 atom stereocenters. The van der Waals surface area contributed by atoms with E-state index in [2.05, 4.69) is 4.98 Å². The number of pyridine rings is 1. The van der Waals surface area contributed by atoms with Crippen LogP contribution in [0.4, 0.5) is 10.2 Å². The average molecular weight is 250 g/mol. The molecule has 1 aliphatic carbocycles. The molecule has 1 aromatic rings. The lowest BCUT2D eigenvalue weighted by Crippen LogP contribution is -2.30. The lowest BCUT2D eigenvalue weighted by Gasteiger charge is -2.20. The summed E-state index contributed by atoms with van der Waals surface area (Å²) in [6.07, 6.45) is 0.172. The van der Waals surface area contributed by atoms with E-state index in [9.17, 15) is 14.3 Å². The van der Waals surface area contributed by atoms with E-state index in [1.54, 1.807) is 13.8 Å². The van der Waals surface area contributed by atoms with Gasteiger partial charge >= 0.3 is 0 Å². The number of hydrogen-bond donors (Lipinski definition) is 1. The first-order chi connectivity index (χ1) is 8.49. The zero-order chi connectivity index (χ0) is 13.0. The molecule has 2 aliphatic rings. The van der Waals surface area contributed by atoms with Crippen LogP contribution in [0.15, 0.2) is 6.07 Å². The summed E-state index contributed by atoms with van der Waals surface area (Å²) in [5, 5.41) is 9.50. The van der Waals surface area contributed by atoms with Crippen molar-refractivity contribution in [2.75, 3.05) is 11.4 Å². The molecule has 5 heteroatoms. The van der Waals surface area contributed by atoms with E-state index in [1.165, 1.54) is 11.0 Å². The molecule has 1 amide bonds. The Hall–Kier alpha value is -1.49. The van der Waals surface area contributed by atoms with Crippen LogP contribution in [-0.4, -0.2) is 22.5 Å². The summed E-state index contributed by atoms with van der Waals surface area (Å²) in [5.41, 5.74) is 1.03. The van der Waals surface area contributed by atoms with Crippen LogP contribution in [0.25, 0.3) is 0 Å². The fourth-order valence-corrected chi connectivity index (χ4v) is 2.66. The number of amides is 1. The summed E-state index contributed by atoms with van der Waals surface area (Å²) in [7, 11) is 0. The van der Waals surface area contributed by atoms with Crippen LogP contribution in [0.5, 0.6) is 0 Å². The number of anilines is 1. The lowest BCUT2D eigenvalue weighted by atomic mass is 10.1. The Balaban J connectivity index is 1.98. The van der Waals surface area contributed by atoms with E-state index in [4.69, 9.17) is 0 Å². The van der Waals surface area contributed by atoms with Gasteiger partial charge in [0.05, 0.1) is 6.10 Å². The summed E-state index contributed by atoms with van der Waals surface area (Å²) in [6.45, 7) is 3.85. The number of aliphatic hydroxyl groups is 1. The van der Waals surface area contributed by atoms with Crippen molar-refractivity contribution in [1.29, 1.82) is 0 Å². The summed E-state index contributed by atoms with van der Waals surface area (Å²) >= 11 is 0. The van der Waals surface area contributed by atoms with Crippen molar-refractivity contribution in [3.05, 3.63) is 23.1 Å². The minimum Gasteiger partial charge on any atom is -0.389 e. The standard InChI is InChI=1S/C13H15FN2O2/c1-6-9(7(2)17)4-11(14)12(15-6)16-5-8-3-10(8)13(16)18/h4,7-8,10,17H,3,5H2,1-2H3/t7?,8-,10-/m1/s1. The predicted octanol–water partition coefficient (Wildman–Crippen LogP) is 1.57. The van der Waals surface area contributed by atoms with E-state index in [0.717, 1.165) is 6.42 Å². The molecule has 1 saturated carbocycles. The van der Waals surface area contributed by atoms with E-state index in [-0.39, 0.29) is 17.6 Å². The molecule has 4 nitrogen and oxygen atoms in total. The maximum atomic E-state index is 14.0. The summed E-state index contributed by atoms with van der Waals surface area (Å²) in [5.74, 6) is 0.0224. The lowest BCUT2D eigenvalue weighted by molar-refractivity contribution is -0.118. The molecule has 2 fully saturated rings. The van der Waals surface area contributed by atoms with Gasteiger partial charge in [-0.25, -0.2) is 9.37 Å². The van der Waals surface area contributed by atoms with E-state index >= 15 is 0 Å². The van der Waals surface area contributed by atoms with Gasteiger partial charge in [0.2, 0.25) is 5.91 Å². The number of piperidine rings is 1. The second-order valence-electron chi connectivity index (χ2n) is 5.20. The smallest absolute Gasteiger partial charge is 0.231 e. The quantitative estimate of drug-likeness (QED) is 0.866. The zero-order valence-electron chi connectivity index (χ0n) is 10.4. The molecule has 18 heavy (non-hydrogen) atoms. The van der Waals surface area contributed by atoms with Gasteiger partial charge in [0, 0.05) is 23.7 Å². The molecule has 1 N–H and O–H groups in total. The van der Waals surface area contributed by atoms with Crippen LogP contribution in [0.2, 0.25) is 0 Å². The number of aliphatic hydroxyl groups excluding tert-OH is 1. The monoisotopic (exact) mass is 250 g/mol. The molecule has 3 rings (SSSR count). The fraction of sp³-hybridized carbons (Fsp3) is 0.538. The maximum Gasteiger partial charge on any atom is 0.231 e. The molecule has 1 aromatic heterocycles. The number of aryl methyl sites for hydroxylation is 1. The minimum atomic E-state index is -0.760. The van der Waals surface area contributed by atoms with Crippen molar-refractivity contribution >= 4 is 11.7 Å². The number of fused-ring (bicyclic) bond motifs is 1. The first kappa shape index (κ1) is 11.6. The molecule has 1 aliphatic heterocycles. The first-order valence-electron chi connectivity index (χ1n) is 6.15. The predicted molar refractivity (Wildman–Crippen MR) is 63.5 cm³/mol. The number of aromatic nitrogens is 1. The number of carbonyl (C=O) groups excluding carboxylic acids is 1. The highest BCUT2D eigenvalue weighted by atomic mass is 19.1. The van der Waals surface area contributed by atoms with Gasteiger partial charge in [-0.15, -0.1) is 0 Å². The number of hydrogen-bond acceptors (Lipinski definition) is 3. The van der Waals surface area contributed by atoms with Crippen LogP contribution in [0.3, 0.4) is 0 Å². The molecule has 96 valence electrons. The Morgan fingerprint density at radius 2 is 2.33 bits per heavy atom. The number of carbonyl (C=O) groups is 1. The number of halogens is 1. The largest absolute Gasteiger partial charge is 0.389 e. The molecule has 0 aromatic carbocycles. The molecule has 0 spiro atoms. The Labute approximate surface area is 104 Å². The van der Waals surface area contributed by atoms with E-state index in [0.29, 0.717) is 23.7 Å². The van der Waals surface area contributed by atoms with Crippen LogP contribution in [0, 0.1) is 24.6 Å². The van der Waals surface area contributed by atoms with Crippen molar-refractivity contribution in [3.63, 3.8) is 0 Å². The average Bonchev–Trinajstić information content (AvgIpc) is 3.01. The maximum absolute atomic E-state index is 14.0. The fourth-order valence-electron chi connectivity index (χ4n) is 2.66.